The van der Waals surface area contributed by atoms with Gasteiger partial charge in [0.25, 0.3) is 11.8 Å². The number of amides is 4. The first kappa shape index (κ1) is 34.0. The summed E-state index contributed by atoms with van der Waals surface area (Å²) in [5.41, 5.74) is 9.81. The van der Waals surface area contributed by atoms with Crippen LogP contribution in [0.15, 0.2) is 115 Å². The van der Waals surface area contributed by atoms with Crippen molar-refractivity contribution in [2.24, 2.45) is 0 Å². The van der Waals surface area contributed by atoms with Gasteiger partial charge < -0.3 is 14.4 Å². The summed E-state index contributed by atoms with van der Waals surface area (Å²) in [7, 11) is 1.57. The van der Waals surface area contributed by atoms with E-state index >= 15 is 0 Å². The van der Waals surface area contributed by atoms with E-state index in [1.165, 1.54) is 28.5 Å². The van der Waals surface area contributed by atoms with E-state index in [1.807, 2.05) is 54.6 Å². The van der Waals surface area contributed by atoms with Gasteiger partial charge in [0.05, 0.1) is 12.8 Å². The summed E-state index contributed by atoms with van der Waals surface area (Å²) in [6, 6.07) is 35.3. The van der Waals surface area contributed by atoms with Crippen LogP contribution in [0.4, 0.5) is 16.2 Å². The topological polar surface area (TPSA) is 88.2 Å². The first-order valence-electron chi connectivity index (χ1n) is 18.1. The lowest BCUT2D eigenvalue weighted by molar-refractivity contribution is -0.122. The molecule has 0 bridgehead atoms. The van der Waals surface area contributed by atoms with Crippen molar-refractivity contribution in [1.29, 1.82) is 0 Å². The van der Waals surface area contributed by atoms with E-state index in [1.54, 1.807) is 25.3 Å². The molecule has 5 aromatic carbocycles. The largest absolute Gasteiger partial charge is 0.497 e. The van der Waals surface area contributed by atoms with E-state index in [9.17, 15) is 14.4 Å². The lowest BCUT2D eigenvalue weighted by Gasteiger charge is -2.44. The van der Waals surface area contributed by atoms with E-state index < -0.39 is 17.8 Å². The Kier molecular flexibility index (Phi) is 9.04. The average molecular weight is 704 g/mol. The second kappa shape index (κ2) is 14.1. The number of nitrogens with zero attached hydrogens (tertiary/aromatic N) is 2. The minimum Gasteiger partial charge on any atom is -0.497 e. The third kappa shape index (κ3) is 6.46. The molecular formula is C45H41N3O5. The van der Waals surface area contributed by atoms with Crippen molar-refractivity contribution in [1.82, 2.24) is 5.32 Å². The van der Waals surface area contributed by atoms with Gasteiger partial charge in [0.1, 0.15) is 23.7 Å². The summed E-state index contributed by atoms with van der Waals surface area (Å²) in [6.45, 7) is 6.22. The lowest BCUT2D eigenvalue weighted by atomic mass is 9.76. The smallest absolute Gasteiger partial charge is 0.335 e. The Morgan fingerprint density at radius 3 is 2.00 bits per heavy atom. The number of benzene rings is 5. The molecule has 2 atom stereocenters. The molecule has 0 aliphatic carbocycles. The van der Waals surface area contributed by atoms with E-state index in [4.69, 9.17) is 9.47 Å². The number of methoxy groups -OCH3 is 1. The van der Waals surface area contributed by atoms with Crippen molar-refractivity contribution >= 4 is 35.3 Å². The van der Waals surface area contributed by atoms with Gasteiger partial charge in [0.15, 0.2) is 0 Å². The second-order valence-electron chi connectivity index (χ2n) is 14.0. The van der Waals surface area contributed by atoms with Crippen molar-refractivity contribution in [3.63, 3.8) is 0 Å². The number of aryl methyl sites for hydroxylation is 2. The minimum atomic E-state index is -0.777. The summed E-state index contributed by atoms with van der Waals surface area (Å²) < 4.78 is 11.7. The fourth-order valence-corrected chi connectivity index (χ4v) is 7.96. The summed E-state index contributed by atoms with van der Waals surface area (Å²) >= 11 is 0. The predicted molar refractivity (Wildman–Crippen MR) is 207 cm³/mol. The minimum absolute atomic E-state index is 0.0756. The monoisotopic (exact) mass is 703 g/mol. The molecule has 8 heteroatoms. The van der Waals surface area contributed by atoms with Crippen LogP contribution in [0.3, 0.4) is 0 Å². The van der Waals surface area contributed by atoms with Crippen molar-refractivity contribution < 1.29 is 23.9 Å². The van der Waals surface area contributed by atoms with E-state index in [0.29, 0.717) is 22.7 Å². The maximum atomic E-state index is 14.5. The highest BCUT2D eigenvalue weighted by molar-refractivity contribution is 6.39. The summed E-state index contributed by atoms with van der Waals surface area (Å²) in [5.74, 6) is -0.302. The van der Waals surface area contributed by atoms with Crippen LogP contribution in [0.5, 0.6) is 11.5 Å². The van der Waals surface area contributed by atoms with Crippen LogP contribution in [-0.4, -0.2) is 38.0 Å². The average Bonchev–Trinajstić information content (AvgIpc) is 3.18. The third-order valence-corrected chi connectivity index (χ3v) is 10.8. The molecule has 1 saturated heterocycles. The number of carbonyl (C=O) groups excluding carboxylic acids is 3. The molecule has 3 aliphatic heterocycles. The van der Waals surface area contributed by atoms with Crippen molar-refractivity contribution in [2.45, 2.75) is 45.1 Å². The maximum absolute atomic E-state index is 14.5. The number of imide groups is 2. The first-order valence-corrected chi connectivity index (χ1v) is 18.1. The van der Waals surface area contributed by atoms with Gasteiger partial charge in [-0.1, -0.05) is 78.9 Å². The Balaban J connectivity index is 1.21. The standard InChI is InChI=1S/C45H41N3O5/c1-28-14-15-30(22-29(28)2)27-53-41-26-35(52-3)17-16-33(41)23-40-43(49)46-45(51)48(44(40)50)34-24-38-36(31-10-6-4-7-11-31)18-20-47-21-19-37(39(25-34)42(38)47)32-12-8-5-9-13-32/h4-17,22-26,36-37H,18-21,27H2,1-3H3,(H,46,49,51)/b40-23+/t36-,37-/m0/s1. The fraction of sp³-hybridized carbons (Fsp3) is 0.222. The number of carbonyl (C=O) groups is 3. The van der Waals surface area contributed by atoms with Crippen molar-refractivity contribution in [2.75, 3.05) is 30.0 Å². The molecule has 0 spiro atoms. The number of barbiturate groups is 1. The van der Waals surface area contributed by atoms with Crippen LogP contribution in [-0.2, 0) is 16.2 Å². The molecule has 266 valence electrons. The van der Waals surface area contributed by atoms with Crippen molar-refractivity contribution in [3.8, 4) is 11.5 Å². The first-order chi connectivity index (χ1) is 25.8. The molecular weight excluding hydrogens is 663 g/mol. The van der Waals surface area contributed by atoms with Crippen molar-refractivity contribution in [3.05, 3.63) is 159 Å². The molecule has 5 aromatic rings. The molecule has 1 fully saturated rings. The Morgan fingerprint density at radius 1 is 0.755 bits per heavy atom. The molecule has 0 radical (unpaired) electrons. The fourth-order valence-electron chi connectivity index (χ4n) is 7.96. The highest BCUT2D eigenvalue weighted by Crippen LogP contribution is 2.50. The van der Waals surface area contributed by atoms with Gasteiger partial charge in [-0.2, -0.15) is 0 Å². The number of rotatable bonds is 8. The van der Waals surface area contributed by atoms with E-state index in [0.717, 1.165) is 53.1 Å². The Morgan fingerprint density at radius 2 is 1.40 bits per heavy atom. The maximum Gasteiger partial charge on any atom is 0.335 e. The predicted octanol–water partition coefficient (Wildman–Crippen LogP) is 8.44. The van der Waals surface area contributed by atoms with Gasteiger partial charge in [-0.3, -0.25) is 14.9 Å². The summed E-state index contributed by atoms with van der Waals surface area (Å²) in [5, 5.41) is 2.45. The van der Waals surface area contributed by atoms with Gasteiger partial charge in [-0.25, -0.2) is 9.69 Å². The van der Waals surface area contributed by atoms with E-state index in [-0.39, 0.29) is 24.0 Å². The Labute approximate surface area is 309 Å². The van der Waals surface area contributed by atoms with E-state index in [2.05, 4.69) is 60.5 Å². The van der Waals surface area contributed by atoms with Crippen LogP contribution in [0.2, 0.25) is 0 Å². The molecule has 8 rings (SSSR count). The number of ether oxygens (including phenoxy) is 2. The zero-order valence-corrected chi connectivity index (χ0v) is 30.1. The van der Waals surface area contributed by atoms with Gasteiger partial charge in [0.2, 0.25) is 0 Å². The van der Waals surface area contributed by atoms with Crippen LogP contribution in [0.25, 0.3) is 6.08 Å². The lowest BCUT2D eigenvalue weighted by Crippen LogP contribution is -2.54. The Bertz CT molecular complexity index is 2190. The van der Waals surface area contributed by atoms with Gasteiger partial charge >= 0.3 is 6.03 Å². The van der Waals surface area contributed by atoms with Crippen LogP contribution in [0, 0.1) is 13.8 Å². The van der Waals surface area contributed by atoms with Crippen LogP contribution >= 0.6 is 0 Å². The molecule has 3 heterocycles. The molecule has 0 unspecified atom stereocenters. The normalized spacial score (nSPS) is 18.8. The zero-order valence-electron chi connectivity index (χ0n) is 30.1. The number of hydrogen-bond acceptors (Lipinski definition) is 6. The quantitative estimate of drug-likeness (QED) is 0.129. The molecule has 53 heavy (non-hydrogen) atoms. The number of anilines is 2. The molecule has 3 aliphatic rings. The summed E-state index contributed by atoms with van der Waals surface area (Å²) in [4.78, 5) is 45.2. The zero-order chi connectivity index (χ0) is 36.6. The number of nitrogens with one attached hydrogen (secondary N) is 1. The third-order valence-electron chi connectivity index (χ3n) is 10.8. The highest BCUT2D eigenvalue weighted by atomic mass is 16.5. The Hall–Kier alpha value is -6.15. The number of urea groups is 1. The molecule has 0 saturated carbocycles. The SMILES string of the molecule is COc1ccc(/C=C2\C(=O)NC(=O)N(c3cc4c5c(c3)[C@H](c3ccccc3)CCN5CC[C@H]4c3ccccc3)C2=O)c(OCc2ccc(C)c(C)c2)c1. The van der Waals surface area contributed by atoms with Crippen LogP contribution in [0.1, 0.15) is 69.2 Å². The van der Waals surface area contributed by atoms with Gasteiger partial charge in [-0.15, -0.1) is 0 Å². The highest BCUT2D eigenvalue weighted by Gasteiger charge is 2.40. The molecule has 8 nitrogen and oxygen atoms in total. The molecule has 0 aromatic heterocycles. The summed E-state index contributed by atoms with van der Waals surface area (Å²) in [6.07, 6.45) is 3.31. The van der Waals surface area contributed by atoms with Gasteiger partial charge in [0, 0.05) is 42.2 Å². The molecule has 1 N–H and O–H groups in total. The molecule has 4 amide bonds. The van der Waals surface area contributed by atoms with Crippen LogP contribution < -0.4 is 24.6 Å². The second-order valence-corrected chi connectivity index (χ2v) is 14.0. The number of hydrogen-bond donors (Lipinski definition) is 1. The van der Waals surface area contributed by atoms with Gasteiger partial charge in [-0.05, 0) is 96.0 Å².